The lowest BCUT2D eigenvalue weighted by Gasteiger charge is -2.21. The topological polar surface area (TPSA) is 41.1 Å². The highest BCUT2D eigenvalue weighted by atomic mass is 16.1. The number of hydrogen-bond acceptors (Lipinski definition) is 2. The molecule has 3 heteroatoms. The van der Waals surface area contributed by atoms with Crippen LogP contribution in [-0.4, -0.2) is 25.5 Å². The van der Waals surface area contributed by atoms with Gasteiger partial charge in [0.1, 0.15) is 0 Å². The molecule has 1 saturated heterocycles. The van der Waals surface area contributed by atoms with E-state index < -0.39 is 0 Å². The molecule has 2 N–H and O–H groups in total. The summed E-state index contributed by atoms with van der Waals surface area (Å²) in [6, 6.07) is 0. The van der Waals surface area contributed by atoms with Crippen LogP contribution in [0.25, 0.3) is 0 Å². The average molecular weight is 236 g/mol. The van der Waals surface area contributed by atoms with Crippen molar-refractivity contribution >= 4 is 5.91 Å². The van der Waals surface area contributed by atoms with Crippen molar-refractivity contribution in [2.45, 2.75) is 34.6 Å². The summed E-state index contributed by atoms with van der Waals surface area (Å²) in [7, 11) is 0. The number of amides is 1. The largest absolute Gasteiger partial charge is 0.352 e. The van der Waals surface area contributed by atoms with Gasteiger partial charge >= 0.3 is 0 Å². The summed E-state index contributed by atoms with van der Waals surface area (Å²) in [6.07, 6.45) is 0. The molecule has 1 aliphatic carbocycles. The Bertz CT molecular complexity index is 360. The van der Waals surface area contributed by atoms with Crippen molar-refractivity contribution in [1.29, 1.82) is 0 Å². The first-order valence-corrected chi connectivity index (χ1v) is 6.46. The second-order valence-electron chi connectivity index (χ2n) is 6.54. The SMILES string of the molecule is CC(C(=O)NCC1C(C)(C)C1(C)C)=C1CNC1. The maximum Gasteiger partial charge on any atom is 0.246 e. The highest BCUT2D eigenvalue weighted by molar-refractivity contribution is 5.94. The van der Waals surface area contributed by atoms with Crippen molar-refractivity contribution in [3.8, 4) is 0 Å². The van der Waals surface area contributed by atoms with Gasteiger partial charge in [-0.3, -0.25) is 4.79 Å². The number of hydrogen-bond donors (Lipinski definition) is 2. The molecule has 2 rings (SSSR count). The summed E-state index contributed by atoms with van der Waals surface area (Å²) in [4.78, 5) is 11.9. The molecule has 1 aliphatic heterocycles. The minimum Gasteiger partial charge on any atom is -0.352 e. The van der Waals surface area contributed by atoms with Crippen molar-refractivity contribution in [2.24, 2.45) is 16.7 Å². The Morgan fingerprint density at radius 3 is 2.18 bits per heavy atom. The lowest BCUT2D eigenvalue weighted by atomic mass is 10.0. The third kappa shape index (κ3) is 1.90. The van der Waals surface area contributed by atoms with E-state index in [0.717, 1.165) is 25.2 Å². The normalized spacial score (nSPS) is 25.1. The molecule has 96 valence electrons. The lowest BCUT2D eigenvalue weighted by molar-refractivity contribution is -0.117. The molecule has 0 aromatic rings. The summed E-state index contributed by atoms with van der Waals surface area (Å²) in [5.41, 5.74) is 2.84. The molecule has 0 spiro atoms. The maximum atomic E-state index is 11.9. The smallest absolute Gasteiger partial charge is 0.246 e. The van der Waals surface area contributed by atoms with Gasteiger partial charge in [0.25, 0.3) is 0 Å². The number of rotatable bonds is 3. The van der Waals surface area contributed by atoms with Gasteiger partial charge in [0.05, 0.1) is 0 Å². The third-order valence-corrected chi connectivity index (χ3v) is 5.33. The molecule has 0 bridgehead atoms. The Morgan fingerprint density at radius 1 is 1.29 bits per heavy atom. The van der Waals surface area contributed by atoms with Gasteiger partial charge in [-0.25, -0.2) is 0 Å². The van der Waals surface area contributed by atoms with Crippen LogP contribution in [0.4, 0.5) is 0 Å². The van der Waals surface area contributed by atoms with Crippen molar-refractivity contribution < 1.29 is 4.79 Å². The van der Waals surface area contributed by atoms with Gasteiger partial charge in [-0.1, -0.05) is 27.7 Å². The predicted molar refractivity (Wildman–Crippen MR) is 69.6 cm³/mol. The fourth-order valence-electron chi connectivity index (χ4n) is 2.85. The first-order valence-electron chi connectivity index (χ1n) is 6.46. The van der Waals surface area contributed by atoms with Crippen molar-refractivity contribution in [1.82, 2.24) is 10.6 Å². The van der Waals surface area contributed by atoms with Gasteiger partial charge in [-0.15, -0.1) is 0 Å². The fraction of sp³-hybridized carbons (Fsp3) is 0.786. The summed E-state index contributed by atoms with van der Waals surface area (Å²) in [6.45, 7) is 13.6. The van der Waals surface area contributed by atoms with Gasteiger partial charge in [0.15, 0.2) is 0 Å². The minimum absolute atomic E-state index is 0.111. The fourth-order valence-corrected chi connectivity index (χ4v) is 2.85. The van der Waals surface area contributed by atoms with E-state index in [1.54, 1.807) is 0 Å². The molecule has 1 saturated carbocycles. The monoisotopic (exact) mass is 236 g/mol. The van der Waals surface area contributed by atoms with E-state index in [4.69, 9.17) is 0 Å². The van der Waals surface area contributed by atoms with E-state index in [0.29, 0.717) is 16.7 Å². The molecule has 3 nitrogen and oxygen atoms in total. The van der Waals surface area contributed by atoms with Crippen molar-refractivity contribution in [2.75, 3.05) is 19.6 Å². The molecule has 2 aliphatic rings. The Hall–Kier alpha value is -0.830. The quantitative estimate of drug-likeness (QED) is 0.732. The van der Waals surface area contributed by atoms with Gasteiger partial charge < -0.3 is 10.6 Å². The van der Waals surface area contributed by atoms with Crippen LogP contribution in [0.3, 0.4) is 0 Å². The van der Waals surface area contributed by atoms with Gasteiger partial charge in [0.2, 0.25) is 5.91 Å². The molecule has 17 heavy (non-hydrogen) atoms. The van der Waals surface area contributed by atoms with Gasteiger partial charge in [-0.05, 0) is 29.2 Å². The summed E-state index contributed by atoms with van der Waals surface area (Å²) >= 11 is 0. The molecule has 0 radical (unpaired) electrons. The highest BCUT2D eigenvalue weighted by Crippen LogP contribution is 2.67. The second-order valence-corrected chi connectivity index (χ2v) is 6.54. The van der Waals surface area contributed by atoms with Crippen LogP contribution >= 0.6 is 0 Å². The van der Waals surface area contributed by atoms with E-state index in [9.17, 15) is 4.79 Å². The maximum absolute atomic E-state index is 11.9. The van der Waals surface area contributed by atoms with Crippen LogP contribution in [0.15, 0.2) is 11.1 Å². The Balaban J connectivity index is 1.86. The van der Waals surface area contributed by atoms with Crippen LogP contribution < -0.4 is 10.6 Å². The molecule has 1 heterocycles. The molecule has 1 amide bonds. The van der Waals surface area contributed by atoms with Crippen molar-refractivity contribution in [3.63, 3.8) is 0 Å². The highest BCUT2D eigenvalue weighted by Gasteiger charge is 2.64. The van der Waals surface area contributed by atoms with Crippen LogP contribution in [0, 0.1) is 16.7 Å². The predicted octanol–water partition coefficient (Wildman–Crippen LogP) is 1.70. The van der Waals surface area contributed by atoms with E-state index in [1.165, 1.54) is 5.57 Å². The van der Waals surface area contributed by atoms with Crippen LogP contribution in [0.1, 0.15) is 34.6 Å². The number of carbonyl (C=O) groups excluding carboxylic acids is 1. The van der Waals surface area contributed by atoms with E-state index in [2.05, 4.69) is 38.3 Å². The molecule has 0 unspecified atom stereocenters. The molecular formula is C14H24N2O. The van der Waals surface area contributed by atoms with E-state index in [-0.39, 0.29) is 5.91 Å². The number of nitrogens with one attached hydrogen (secondary N) is 2. The lowest BCUT2D eigenvalue weighted by Crippen LogP contribution is -2.38. The Kier molecular flexibility index (Phi) is 2.85. The van der Waals surface area contributed by atoms with E-state index in [1.807, 2.05) is 6.92 Å². The average Bonchev–Trinajstić information content (AvgIpc) is 2.51. The van der Waals surface area contributed by atoms with Crippen LogP contribution in [0.5, 0.6) is 0 Å². The van der Waals surface area contributed by atoms with Crippen LogP contribution in [0.2, 0.25) is 0 Å². The zero-order valence-electron chi connectivity index (χ0n) is 11.6. The van der Waals surface area contributed by atoms with Gasteiger partial charge in [0, 0.05) is 25.2 Å². The van der Waals surface area contributed by atoms with E-state index >= 15 is 0 Å². The first-order chi connectivity index (χ1) is 7.78. The number of carbonyl (C=O) groups is 1. The summed E-state index contributed by atoms with van der Waals surface area (Å²) < 4.78 is 0. The molecule has 0 aromatic carbocycles. The Labute approximate surface area is 104 Å². The Morgan fingerprint density at radius 2 is 1.82 bits per heavy atom. The molecule has 0 atom stereocenters. The molecule has 2 fully saturated rings. The molecular weight excluding hydrogens is 212 g/mol. The molecule has 0 aromatic heterocycles. The zero-order chi connectivity index (χ0) is 12.8. The van der Waals surface area contributed by atoms with Gasteiger partial charge in [-0.2, -0.15) is 0 Å². The minimum atomic E-state index is 0.111. The first kappa shape index (κ1) is 12.6. The zero-order valence-corrected chi connectivity index (χ0v) is 11.6. The summed E-state index contributed by atoms with van der Waals surface area (Å²) in [5.74, 6) is 0.705. The van der Waals surface area contributed by atoms with Crippen molar-refractivity contribution in [3.05, 3.63) is 11.1 Å². The second kappa shape index (κ2) is 3.84. The van der Waals surface area contributed by atoms with Crippen LogP contribution in [-0.2, 0) is 4.79 Å². The summed E-state index contributed by atoms with van der Waals surface area (Å²) in [5, 5.41) is 6.24. The standard InChI is InChI=1S/C14H24N2O/c1-9(10-6-15-7-10)12(17)16-8-11-13(2,3)14(11,4)5/h11,15H,6-8H2,1-5H3,(H,16,17). The third-order valence-electron chi connectivity index (χ3n) is 5.33.